The van der Waals surface area contributed by atoms with Gasteiger partial charge in [-0.1, -0.05) is 12.1 Å². The van der Waals surface area contributed by atoms with E-state index in [0.29, 0.717) is 16.7 Å². The summed E-state index contributed by atoms with van der Waals surface area (Å²) >= 11 is 0. The van der Waals surface area contributed by atoms with Crippen LogP contribution in [0.25, 0.3) is 10.9 Å². The number of rotatable bonds is 3. The molecule has 3 aromatic rings. The van der Waals surface area contributed by atoms with E-state index in [1.165, 1.54) is 12.1 Å². The molecule has 3 nitrogen and oxygen atoms in total. The number of nitrogens with one attached hydrogen (secondary N) is 1. The Bertz CT molecular complexity index is 836. The van der Waals surface area contributed by atoms with Gasteiger partial charge in [-0.3, -0.25) is 4.79 Å². The second-order valence-corrected chi connectivity index (χ2v) is 4.90. The van der Waals surface area contributed by atoms with Crippen LogP contribution in [0.15, 0.2) is 42.6 Å². The number of ketones is 1. The standard InChI is InChI=1S/C17H14FNO2/c1-10-6-7-11(13(18)8-10)17(20)12-9-19-14-4-3-5-15(21-2)16(12)14/h3-9,19H,1-2H3. The molecular weight excluding hydrogens is 269 g/mol. The Morgan fingerprint density at radius 2 is 2.00 bits per heavy atom. The Hall–Kier alpha value is -2.62. The number of halogens is 1. The van der Waals surface area contributed by atoms with Gasteiger partial charge in [-0.2, -0.15) is 0 Å². The summed E-state index contributed by atoms with van der Waals surface area (Å²) in [5, 5.41) is 0.671. The highest BCUT2D eigenvalue weighted by molar-refractivity contribution is 6.17. The van der Waals surface area contributed by atoms with E-state index in [0.717, 1.165) is 11.1 Å². The number of benzene rings is 2. The zero-order chi connectivity index (χ0) is 15.0. The van der Waals surface area contributed by atoms with Gasteiger partial charge >= 0.3 is 0 Å². The molecule has 0 amide bonds. The first kappa shape index (κ1) is 13.4. The highest BCUT2D eigenvalue weighted by Crippen LogP contribution is 2.30. The summed E-state index contributed by atoms with van der Waals surface area (Å²) in [5.74, 6) is -0.280. The molecule has 0 aliphatic rings. The largest absolute Gasteiger partial charge is 0.496 e. The number of H-pyrrole nitrogens is 1. The van der Waals surface area contributed by atoms with E-state index >= 15 is 0 Å². The minimum atomic E-state index is -0.510. The van der Waals surface area contributed by atoms with Gasteiger partial charge < -0.3 is 9.72 Å². The maximum absolute atomic E-state index is 14.0. The van der Waals surface area contributed by atoms with Gasteiger partial charge in [0.05, 0.1) is 23.6 Å². The smallest absolute Gasteiger partial charge is 0.198 e. The van der Waals surface area contributed by atoms with Crippen LogP contribution in [-0.2, 0) is 0 Å². The summed E-state index contributed by atoms with van der Waals surface area (Å²) in [6.45, 7) is 1.78. The molecule has 0 aliphatic carbocycles. The maximum Gasteiger partial charge on any atom is 0.198 e. The molecule has 1 N–H and O–H groups in total. The van der Waals surface area contributed by atoms with Crippen molar-refractivity contribution in [3.63, 3.8) is 0 Å². The Morgan fingerprint density at radius 3 is 2.71 bits per heavy atom. The van der Waals surface area contributed by atoms with Crippen LogP contribution in [-0.4, -0.2) is 17.9 Å². The van der Waals surface area contributed by atoms with Crippen molar-refractivity contribution >= 4 is 16.7 Å². The van der Waals surface area contributed by atoms with Gasteiger partial charge in [0.25, 0.3) is 0 Å². The molecule has 0 bridgehead atoms. The predicted octanol–water partition coefficient (Wildman–Crippen LogP) is 3.86. The quantitative estimate of drug-likeness (QED) is 0.742. The fourth-order valence-corrected chi connectivity index (χ4v) is 2.45. The zero-order valence-corrected chi connectivity index (χ0v) is 11.7. The van der Waals surface area contributed by atoms with Gasteiger partial charge in [0.15, 0.2) is 5.78 Å². The number of ether oxygens (including phenoxy) is 1. The molecule has 0 unspecified atom stereocenters. The zero-order valence-electron chi connectivity index (χ0n) is 11.7. The van der Waals surface area contributed by atoms with Crippen molar-refractivity contribution in [2.75, 3.05) is 7.11 Å². The predicted molar refractivity (Wildman–Crippen MR) is 79.4 cm³/mol. The molecule has 0 spiro atoms. The van der Waals surface area contributed by atoms with Crippen LogP contribution < -0.4 is 4.74 Å². The molecule has 2 aromatic carbocycles. The number of carbonyl (C=O) groups is 1. The Kier molecular flexibility index (Phi) is 3.22. The van der Waals surface area contributed by atoms with Crippen LogP contribution in [0.5, 0.6) is 5.75 Å². The van der Waals surface area contributed by atoms with E-state index in [4.69, 9.17) is 4.74 Å². The van der Waals surface area contributed by atoms with E-state index in [1.54, 1.807) is 32.4 Å². The van der Waals surface area contributed by atoms with E-state index in [-0.39, 0.29) is 11.3 Å². The molecule has 0 radical (unpaired) electrons. The number of hydrogen-bond donors (Lipinski definition) is 1. The number of aryl methyl sites for hydroxylation is 1. The number of methoxy groups -OCH3 is 1. The fraction of sp³-hybridized carbons (Fsp3) is 0.118. The van der Waals surface area contributed by atoms with Gasteiger partial charge in [0.2, 0.25) is 0 Å². The van der Waals surface area contributed by atoms with Crippen molar-refractivity contribution in [2.45, 2.75) is 6.92 Å². The van der Waals surface area contributed by atoms with Crippen LogP contribution in [0.3, 0.4) is 0 Å². The summed E-state index contributed by atoms with van der Waals surface area (Å²) < 4.78 is 19.3. The highest BCUT2D eigenvalue weighted by atomic mass is 19.1. The molecule has 4 heteroatoms. The SMILES string of the molecule is COc1cccc2[nH]cc(C(=O)c3ccc(C)cc3F)c12. The summed E-state index contributed by atoms with van der Waals surface area (Å²) in [6.07, 6.45) is 1.59. The van der Waals surface area contributed by atoms with Gasteiger partial charge in [0, 0.05) is 11.7 Å². The second kappa shape index (κ2) is 5.05. The lowest BCUT2D eigenvalue weighted by Gasteiger charge is -2.06. The number of carbonyl (C=O) groups excluding carboxylic acids is 1. The highest BCUT2D eigenvalue weighted by Gasteiger charge is 2.19. The number of aromatic nitrogens is 1. The first-order valence-electron chi connectivity index (χ1n) is 6.56. The van der Waals surface area contributed by atoms with E-state index in [1.807, 2.05) is 12.1 Å². The first-order chi connectivity index (χ1) is 10.1. The van der Waals surface area contributed by atoms with E-state index < -0.39 is 5.82 Å². The number of fused-ring (bicyclic) bond motifs is 1. The van der Waals surface area contributed by atoms with Crippen molar-refractivity contribution in [1.29, 1.82) is 0 Å². The molecular formula is C17H14FNO2. The molecule has 3 rings (SSSR count). The molecule has 0 saturated carbocycles. The lowest BCUT2D eigenvalue weighted by molar-refractivity contribution is 0.103. The third kappa shape index (κ3) is 2.18. The third-order valence-electron chi connectivity index (χ3n) is 3.50. The van der Waals surface area contributed by atoms with Crippen LogP contribution in [0.2, 0.25) is 0 Å². The maximum atomic E-state index is 14.0. The molecule has 1 heterocycles. The minimum Gasteiger partial charge on any atom is -0.496 e. The molecule has 0 atom stereocenters. The Balaban J connectivity index is 2.18. The van der Waals surface area contributed by atoms with Gasteiger partial charge in [-0.25, -0.2) is 4.39 Å². The summed E-state index contributed by atoms with van der Waals surface area (Å²) in [5.41, 5.74) is 2.03. The topological polar surface area (TPSA) is 42.1 Å². The third-order valence-corrected chi connectivity index (χ3v) is 3.50. The van der Waals surface area contributed by atoms with Gasteiger partial charge in [-0.05, 0) is 36.8 Å². The Morgan fingerprint density at radius 1 is 1.19 bits per heavy atom. The van der Waals surface area contributed by atoms with E-state index in [9.17, 15) is 9.18 Å². The van der Waals surface area contributed by atoms with Crippen molar-refractivity contribution in [2.24, 2.45) is 0 Å². The molecule has 1 aromatic heterocycles. The summed E-state index contributed by atoms with van der Waals surface area (Å²) in [6, 6.07) is 10.1. The lowest BCUT2D eigenvalue weighted by Crippen LogP contribution is -2.04. The van der Waals surface area contributed by atoms with Crippen molar-refractivity contribution in [3.8, 4) is 5.75 Å². The molecule has 0 aliphatic heterocycles. The molecule has 0 saturated heterocycles. The average molecular weight is 283 g/mol. The minimum absolute atomic E-state index is 0.0624. The first-order valence-corrected chi connectivity index (χ1v) is 6.56. The van der Waals surface area contributed by atoms with E-state index in [2.05, 4.69) is 4.98 Å². The Labute approximate surface area is 121 Å². The molecule has 106 valence electrons. The van der Waals surface area contributed by atoms with Crippen LogP contribution >= 0.6 is 0 Å². The van der Waals surface area contributed by atoms with Crippen molar-refractivity contribution in [1.82, 2.24) is 4.98 Å². The average Bonchev–Trinajstić information content (AvgIpc) is 2.90. The fourth-order valence-electron chi connectivity index (χ4n) is 2.45. The van der Waals surface area contributed by atoms with Crippen molar-refractivity contribution in [3.05, 3.63) is 65.1 Å². The molecule has 0 fully saturated rings. The lowest BCUT2D eigenvalue weighted by atomic mass is 10.0. The second-order valence-electron chi connectivity index (χ2n) is 4.90. The summed E-state index contributed by atoms with van der Waals surface area (Å²) in [7, 11) is 1.54. The summed E-state index contributed by atoms with van der Waals surface area (Å²) in [4.78, 5) is 15.6. The van der Waals surface area contributed by atoms with Crippen molar-refractivity contribution < 1.29 is 13.9 Å². The van der Waals surface area contributed by atoms with Gasteiger partial charge in [-0.15, -0.1) is 0 Å². The number of hydrogen-bond acceptors (Lipinski definition) is 2. The van der Waals surface area contributed by atoms with Crippen LogP contribution in [0, 0.1) is 12.7 Å². The van der Waals surface area contributed by atoms with Gasteiger partial charge in [0.1, 0.15) is 11.6 Å². The van der Waals surface area contributed by atoms with Crippen LogP contribution in [0.4, 0.5) is 4.39 Å². The normalized spacial score (nSPS) is 10.8. The number of aromatic amines is 1. The monoisotopic (exact) mass is 283 g/mol. The van der Waals surface area contributed by atoms with Crippen LogP contribution in [0.1, 0.15) is 21.5 Å². The molecule has 21 heavy (non-hydrogen) atoms.